The molecule has 0 aliphatic carbocycles. The molecule has 0 saturated heterocycles. The van der Waals surface area contributed by atoms with E-state index in [9.17, 15) is 0 Å². The van der Waals surface area contributed by atoms with Crippen molar-refractivity contribution in [2.24, 2.45) is 0 Å². The third-order valence-electron chi connectivity index (χ3n) is 2.14. The molecule has 1 aliphatic rings. The highest BCUT2D eigenvalue weighted by Crippen LogP contribution is 2.21. The van der Waals surface area contributed by atoms with Gasteiger partial charge in [0, 0.05) is 24.9 Å². The highest BCUT2D eigenvalue weighted by Gasteiger charge is 2.13. The maximum Gasteiger partial charge on any atom is 0.171 e. The summed E-state index contributed by atoms with van der Waals surface area (Å²) in [6.45, 7) is 3.61. The number of nitrogens with one attached hydrogen (secondary N) is 3. The number of fused-ring (bicyclic) bond motifs is 1. The van der Waals surface area contributed by atoms with Crippen LogP contribution in [0.5, 0.6) is 0 Å². The highest BCUT2D eigenvalue weighted by molar-refractivity contribution is 7.99. The smallest absolute Gasteiger partial charge is 0.171 e. The minimum absolute atomic E-state index is 0. The molecule has 2 rings (SSSR count). The van der Waals surface area contributed by atoms with Gasteiger partial charge >= 0.3 is 0 Å². The number of halogens is 1. The SMILES string of the molecule is CCNC(=S)Nc1cc(=N)n2c(n1)SCC2.Cl. The Labute approximate surface area is 115 Å². The van der Waals surface area contributed by atoms with Crippen LogP contribution in [0.2, 0.25) is 0 Å². The normalized spacial score (nSPS) is 12.5. The Morgan fingerprint density at radius 1 is 1.71 bits per heavy atom. The fourth-order valence-corrected chi connectivity index (χ4v) is 2.66. The minimum Gasteiger partial charge on any atom is -0.363 e. The molecule has 17 heavy (non-hydrogen) atoms. The molecule has 0 bridgehead atoms. The molecule has 1 aromatic heterocycles. The fraction of sp³-hybridized carbons (Fsp3) is 0.444. The van der Waals surface area contributed by atoms with Gasteiger partial charge in [0.25, 0.3) is 0 Å². The zero-order valence-corrected chi connectivity index (χ0v) is 11.8. The molecule has 3 N–H and O–H groups in total. The topological polar surface area (TPSA) is 65.7 Å². The van der Waals surface area contributed by atoms with Crippen molar-refractivity contribution in [3.05, 3.63) is 11.6 Å². The number of anilines is 1. The van der Waals surface area contributed by atoms with Crippen LogP contribution in [0.15, 0.2) is 11.2 Å². The molecule has 0 saturated carbocycles. The molecule has 0 unspecified atom stereocenters. The maximum absolute atomic E-state index is 7.84. The predicted molar refractivity (Wildman–Crippen MR) is 76.0 cm³/mol. The summed E-state index contributed by atoms with van der Waals surface area (Å²) < 4.78 is 1.89. The van der Waals surface area contributed by atoms with Crippen molar-refractivity contribution in [2.75, 3.05) is 17.6 Å². The minimum atomic E-state index is 0. The van der Waals surface area contributed by atoms with Gasteiger partial charge in [-0.3, -0.25) is 5.41 Å². The lowest BCUT2D eigenvalue weighted by Crippen LogP contribution is -2.30. The zero-order chi connectivity index (χ0) is 11.5. The van der Waals surface area contributed by atoms with Gasteiger partial charge in [-0.05, 0) is 19.1 Å². The van der Waals surface area contributed by atoms with Gasteiger partial charge in [-0.15, -0.1) is 12.4 Å². The van der Waals surface area contributed by atoms with E-state index >= 15 is 0 Å². The quantitative estimate of drug-likeness (QED) is 0.564. The van der Waals surface area contributed by atoms with Crippen molar-refractivity contribution in [2.45, 2.75) is 18.6 Å². The standard InChI is InChI=1S/C9H13N5S2.ClH/c1-2-11-8(15)12-7-5-6(10)14-3-4-16-9(14)13-7;/h5,10H,2-4H2,1H3,(H2,11,12,15);1H. The van der Waals surface area contributed by atoms with Crippen LogP contribution in [-0.4, -0.2) is 27.0 Å². The van der Waals surface area contributed by atoms with Crippen molar-refractivity contribution in [1.82, 2.24) is 14.9 Å². The first-order chi connectivity index (χ1) is 7.70. The lowest BCUT2D eigenvalue weighted by molar-refractivity contribution is 0.638. The van der Waals surface area contributed by atoms with Gasteiger partial charge in [0.2, 0.25) is 0 Å². The third-order valence-corrected chi connectivity index (χ3v) is 3.34. The molecular weight excluding hydrogens is 278 g/mol. The van der Waals surface area contributed by atoms with E-state index < -0.39 is 0 Å². The summed E-state index contributed by atoms with van der Waals surface area (Å²) in [7, 11) is 0. The van der Waals surface area contributed by atoms with Crippen LogP contribution in [0.4, 0.5) is 5.82 Å². The van der Waals surface area contributed by atoms with Crippen LogP contribution in [0.25, 0.3) is 0 Å². The van der Waals surface area contributed by atoms with E-state index in [1.54, 1.807) is 17.8 Å². The Hall–Kier alpha value is -0.790. The number of thioether (sulfide) groups is 1. The van der Waals surface area contributed by atoms with Crippen molar-refractivity contribution in [3.63, 3.8) is 0 Å². The van der Waals surface area contributed by atoms with Gasteiger partial charge in [0.15, 0.2) is 10.3 Å². The summed E-state index contributed by atoms with van der Waals surface area (Å²) in [5, 5.41) is 15.2. The Morgan fingerprint density at radius 3 is 3.18 bits per heavy atom. The molecule has 0 aromatic carbocycles. The molecule has 0 amide bonds. The van der Waals surface area contributed by atoms with Gasteiger partial charge in [0.1, 0.15) is 11.3 Å². The van der Waals surface area contributed by atoms with E-state index in [0.717, 1.165) is 24.0 Å². The van der Waals surface area contributed by atoms with E-state index in [1.807, 2.05) is 11.5 Å². The van der Waals surface area contributed by atoms with Gasteiger partial charge in [-0.2, -0.15) is 0 Å². The molecule has 0 radical (unpaired) electrons. The van der Waals surface area contributed by atoms with Gasteiger partial charge < -0.3 is 15.2 Å². The van der Waals surface area contributed by atoms with Crippen molar-refractivity contribution in [3.8, 4) is 0 Å². The summed E-state index contributed by atoms with van der Waals surface area (Å²) >= 11 is 6.73. The van der Waals surface area contributed by atoms with E-state index in [2.05, 4.69) is 15.6 Å². The summed E-state index contributed by atoms with van der Waals surface area (Å²) in [5.41, 5.74) is 0.469. The van der Waals surface area contributed by atoms with Crippen molar-refractivity contribution >= 4 is 47.3 Å². The van der Waals surface area contributed by atoms with Crippen LogP contribution in [0.3, 0.4) is 0 Å². The molecule has 0 spiro atoms. The Balaban J connectivity index is 0.00000144. The lowest BCUT2D eigenvalue weighted by Gasteiger charge is -2.09. The Bertz CT molecular complexity index is 473. The van der Waals surface area contributed by atoms with E-state index in [0.29, 0.717) is 16.4 Å². The monoisotopic (exact) mass is 291 g/mol. The maximum atomic E-state index is 7.84. The van der Waals surface area contributed by atoms with Gasteiger partial charge in [-0.25, -0.2) is 4.98 Å². The summed E-state index contributed by atoms with van der Waals surface area (Å²) in [5.74, 6) is 1.62. The summed E-state index contributed by atoms with van der Waals surface area (Å²) in [6.07, 6.45) is 0. The lowest BCUT2D eigenvalue weighted by atomic mass is 10.5. The van der Waals surface area contributed by atoms with Crippen molar-refractivity contribution < 1.29 is 0 Å². The molecule has 2 heterocycles. The largest absolute Gasteiger partial charge is 0.363 e. The van der Waals surface area contributed by atoms with Crippen molar-refractivity contribution in [1.29, 1.82) is 5.41 Å². The molecule has 0 atom stereocenters. The first kappa shape index (κ1) is 14.3. The van der Waals surface area contributed by atoms with E-state index in [1.165, 1.54) is 0 Å². The van der Waals surface area contributed by atoms with Crippen LogP contribution in [0, 0.1) is 5.41 Å². The highest BCUT2D eigenvalue weighted by atomic mass is 35.5. The predicted octanol–water partition coefficient (Wildman–Crippen LogP) is 1.20. The third kappa shape index (κ3) is 3.34. The molecular formula is C9H14ClN5S2. The van der Waals surface area contributed by atoms with Crippen LogP contribution in [-0.2, 0) is 6.54 Å². The van der Waals surface area contributed by atoms with Crippen LogP contribution >= 0.6 is 36.4 Å². The second-order valence-corrected chi connectivity index (χ2v) is 4.76. The average Bonchev–Trinajstić information content (AvgIpc) is 2.66. The summed E-state index contributed by atoms with van der Waals surface area (Å²) in [6, 6.07) is 1.69. The second kappa shape index (κ2) is 6.23. The number of hydrogen-bond acceptors (Lipinski definition) is 4. The average molecular weight is 292 g/mol. The number of rotatable bonds is 2. The molecule has 0 fully saturated rings. The number of hydrogen-bond donors (Lipinski definition) is 3. The van der Waals surface area contributed by atoms with Gasteiger partial charge in [-0.1, -0.05) is 11.8 Å². The molecule has 5 nitrogen and oxygen atoms in total. The molecule has 1 aliphatic heterocycles. The van der Waals surface area contributed by atoms with Crippen LogP contribution < -0.4 is 16.1 Å². The first-order valence-corrected chi connectivity index (χ1v) is 6.44. The van der Waals surface area contributed by atoms with E-state index in [4.69, 9.17) is 17.6 Å². The van der Waals surface area contributed by atoms with Gasteiger partial charge in [0.05, 0.1) is 0 Å². The molecule has 94 valence electrons. The Kier molecular flexibility index (Phi) is 5.23. The molecule has 8 heteroatoms. The number of thiocarbonyl (C=S) groups is 1. The summed E-state index contributed by atoms with van der Waals surface area (Å²) in [4.78, 5) is 4.40. The zero-order valence-electron chi connectivity index (χ0n) is 9.32. The molecule has 1 aromatic rings. The first-order valence-electron chi connectivity index (χ1n) is 5.05. The number of aromatic nitrogens is 2. The number of nitrogens with zero attached hydrogens (tertiary/aromatic N) is 2. The fourth-order valence-electron chi connectivity index (χ4n) is 1.45. The Morgan fingerprint density at radius 2 is 2.47 bits per heavy atom. The van der Waals surface area contributed by atoms with E-state index in [-0.39, 0.29) is 12.4 Å². The second-order valence-electron chi connectivity index (χ2n) is 3.29. The van der Waals surface area contributed by atoms with Crippen LogP contribution in [0.1, 0.15) is 6.92 Å².